The molecule has 1 atom stereocenters. The molecule has 0 aliphatic rings. The van der Waals surface area contributed by atoms with Crippen LogP contribution in [0.3, 0.4) is 0 Å². The van der Waals surface area contributed by atoms with Crippen molar-refractivity contribution < 1.29 is 15.0 Å². The van der Waals surface area contributed by atoms with Crippen molar-refractivity contribution >= 4 is 33.2 Å². The van der Waals surface area contributed by atoms with Gasteiger partial charge in [-0.1, -0.05) is 13.8 Å². The molecule has 0 fully saturated rings. The number of halogens is 1. The van der Waals surface area contributed by atoms with E-state index in [0.29, 0.717) is 13.1 Å². The monoisotopic (exact) mass is 335 g/mol. The lowest BCUT2D eigenvalue weighted by atomic mass is 9.91. The van der Waals surface area contributed by atoms with Crippen molar-refractivity contribution in [1.29, 1.82) is 0 Å². The fraction of sp³-hybridized carbons (Fsp3) is 0.583. The standard InChI is InChI=1S/C12H18BrNO3S/c1-12(2,10-3-8(13)6-18-10)7-14-5-9(15)4-11(16)17/h3,6,9,14-15H,4-5,7H2,1-2H3,(H,16,17). The van der Waals surface area contributed by atoms with Gasteiger partial charge in [-0.15, -0.1) is 11.3 Å². The highest BCUT2D eigenvalue weighted by Crippen LogP contribution is 2.30. The molecule has 1 aromatic rings. The number of aliphatic hydroxyl groups is 1. The average molecular weight is 336 g/mol. The Balaban J connectivity index is 2.40. The van der Waals surface area contributed by atoms with Crippen molar-refractivity contribution in [3.05, 3.63) is 20.8 Å². The van der Waals surface area contributed by atoms with Crippen molar-refractivity contribution in [2.24, 2.45) is 0 Å². The maximum absolute atomic E-state index is 10.4. The van der Waals surface area contributed by atoms with Gasteiger partial charge in [-0.25, -0.2) is 0 Å². The van der Waals surface area contributed by atoms with E-state index in [1.165, 1.54) is 4.88 Å². The number of carboxylic acids is 1. The molecule has 1 unspecified atom stereocenters. The minimum Gasteiger partial charge on any atom is -0.481 e. The molecule has 0 amide bonds. The Morgan fingerprint density at radius 2 is 2.28 bits per heavy atom. The van der Waals surface area contributed by atoms with Gasteiger partial charge in [0, 0.05) is 33.2 Å². The van der Waals surface area contributed by atoms with E-state index in [9.17, 15) is 9.90 Å². The van der Waals surface area contributed by atoms with Crippen LogP contribution in [0, 0.1) is 0 Å². The Labute approximate surface area is 119 Å². The van der Waals surface area contributed by atoms with Gasteiger partial charge in [-0.05, 0) is 22.0 Å². The Kier molecular flexibility index (Phi) is 5.78. The second-order valence-electron chi connectivity index (χ2n) is 4.90. The summed E-state index contributed by atoms with van der Waals surface area (Å²) < 4.78 is 1.07. The molecule has 0 saturated carbocycles. The van der Waals surface area contributed by atoms with Crippen LogP contribution in [0.5, 0.6) is 0 Å². The van der Waals surface area contributed by atoms with Crippen LogP contribution in [-0.2, 0) is 10.2 Å². The molecule has 0 bridgehead atoms. The smallest absolute Gasteiger partial charge is 0.306 e. The van der Waals surface area contributed by atoms with Gasteiger partial charge in [-0.3, -0.25) is 4.79 Å². The average Bonchev–Trinajstić information content (AvgIpc) is 2.64. The highest BCUT2D eigenvalue weighted by molar-refractivity contribution is 9.10. The highest BCUT2D eigenvalue weighted by atomic mass is 79.9. The third-order valence-electron chi connectivity index (χ3n) is 2.59. The fourth-order valence-electron chi connectivity index (χ4n) is 1.58. The van der Waals surface area contributed by atoms with Gasteiger partial charge in [0.25, 0.3) is 0 Å². The summed E-state index contributed by atoms with van der Waals surface area (Å²) in [6.07, 6.45) is -1.06. The molecule has 0 radical (unpaired) electrons. The number of thiophene rings is 1. The van der Waals surface area contributed by atoms with Gasteiger partial charge in [0.15, 0.2) is 0 Å². The molecule has 18 heavy (non-hydrogen) atoms. The van der Waals surface area contributed by atoms with Crippen LogP contribution in [0.4, 0.5) is 0 Å². The summed E-state index contributed by atoms with van der Waals surface area (Å²) in [6, 6.07) is 2.08. The molecule has 0 aromatic carbocycles. The fourth-order valence-corrected chi connectivity index (χ4v) is 3.13. The van der Waals surface area contributed by atoms with Crippen molar-refractivity contribution in [1.82, 2.24) is 5.32 Å². The number of hydrogen-bond acceptors (Lipinski definition) is 4. The quantitative estimate of drug-likeness (QED) is 0.714. The van der Waals surface area contributed by atoms with E-state index < -0.39 is 12.1 Å². The first kappa shape index (κ1) is 15.6. The SMILES string of the molecule is CC(C)(CNCC(O)CC(=O)O)c1cc(Br)cs1. The van der Waals surface area contributed by atoms with Crippen LogP contribution in [0.15, 0.2) is 15.9 Å². The number of hydrogen-bond donors (Lipinski definition) is 3. The van der Waals surface area contributed by atoms with Crippen molar-refractivity contribution in [2.75, 3.05) is 13.1 Å². The van der Waals surface area contributed by atoms with Crippen LogP contribution < -0.4 is 5.32 Å². The van der Waals surface area contributed by atoms with E-state index in [2.05, 4.69) is 41.2 Å². The molecular weight excluding hydrogens is 318 g/mol. The van der Waals surface area contributed by atoms with Crippen LogP contribution in [0.1, 0.15) is 25.1 Å². The van der Waals surface area contributed by atoms with Crippen LogP contribution in [0.25, 0.3) is 0 Å². The van der Waals surface area contributed by atoms with E-state index in [-0.39, 0.29) is 11.8 Å². The lowest BCUT2D eigenvalue weighted by Crippen LogP contribution is -2.37. The molecule has 0 spiro atoms. The summed E-state index contributed by atoms with van der Waals surface area (Å²) >= 11 is 5.11. The van der Waals surface area contributed by atoms with E-state index in [1.807, 2.05) is 5.38 Å². The normalized spacial score (nSPS) is 13.6. The number of aliphatic hydroxyl groups excluding tert-OH is 1. The molecule has 0 aliphatic carbocycles. The Hall–Kier alpha value is -0.430. The van der Waals surface area contributed by atoms with Gasteiger partial charge in [0.1, 0.15) is 0 Å². The molecule has 6 heteroatoms. The first-order chi connectivity index (χ1) is 8.31. The second-order valence-corrected chi connectivity index (χ2v) is 6.72. The molecule has 102 valence electrons. The summed E-state index contributed by atoms with van der Waals surface area (Å²) in [5, 5.41) is 23.1. The largest absolute Gasteiger partial charge is 0.481 e. The summed E-state index contributed by atoms with van der Waals surface area (Å²) in [7, 11) is 0. The van der Waals surface area contributed by atoms with Crippen LogP contribution >= 0.6 is 27.3 Å². The predicted molar refractivity (Wildman–Crippen MR) is 76.2 cm³/mol. The second kappa shape index (κ2) is 6.65. The number of carboxylic acid groups (broad SMARTS) is 1. The predicted octanol–water partition coefficient (Wildman–Crippen LogP) is 2.21. The van der Waals surface area contributed by atoms with E-state index in [1.54, 1.807) is 11.3 Å². The maximum Gasteiger partial charge on any atom is 0.306 e. The van der Waals surface area contributed by atoms with Gasteiger partial charge < -0.3 is 15.5 Å². The summed E-state index contributed by atoms with van der Waals surface area (Å²) in [6.45, 7) is 5.21. The van der Waals surface area contributed by atoms with Gasteiger partial charge in [0.05, 0.1) is 12.5 Å². The molecule has 0 aliphatic heterocycles. The Morgan fingerprint density at radius 3 is 2.78 bits per heavy atom. The molecule has 1 rings (SSSR count). The zero-order valence-corrected chi connectivity index (χ0v) is 12.8. The summed E-state index contributed by atoms with van der Waals surface area (Å²) in [5.74, 6) is -0.981. The van der Waals surface area contributed by atoms with Crippen molar-refractivity contribution in [3.8, 4) is 0 Å². The topological polar surface area (TPSA) is 69.6 Å². The summed E-state index contributed by atoms with van der Waals surface area (Å²) in [5.41, 5.74) is -0.0420. The Bertz CT molecular complexity index is 406. The maximum atomic E-state index is 10.4. The van der Waals surface area contributed by atoms with Crippen LogP contribution in [0.2, 0.25) is 0 Å². The highest BCUT2D eigenvalue weighted by Gasteiger charge is 2.22. The summed E-state index contributed by atoms with van der Waals surface area (Å²) in [4.78, 5) is 11.6. The zero-order valence-electron chi connectivity index (χ0n) is 10.4. The van der Waals surface area contributed by atoms with Crippen molar-refractivity contribution in [2.45, 2.75) is 31.8 Å². The molecule has 4 nitrogen and oxygen atoms in total. The molecule has 3 N–H and O–H groups in total. The molecule has 0 saturated heterocycles. The third-order valence-corrected chi connectivity index (χ3v) is 4.65. The Morgan fingerprint density at radius 1 is 1.61 bits per heavy atom. The third kappa shape index (κ3) is 5.06. The lowest BCUT2D eigenvalue weighted by Gasteiger charge is -2.24. The first-order valence-corrected chi connectivity index (χ1v) is 7.33. The van der Waals surface area contributed by atoms with Gasteiger partial charge in [-0.2, -0.15) is 0 Å². The van der Waals surface area contributed by atoms with E-state index in [0.717, 1.165) is 4.47 Å². The minimum atomic E-state index is -0.981. The van der Waals surface area contributed by atoms with Crippen LogP contribution in [-0.4, -0.2) is 35.4 Å². The van der Waals surface area contributed by atoms with Gasteiger partial charge in [0.2, 0.25) is 0 Å². The number of carbonyl (C=O) groups is 1. The van der Waals surface area contributed by atoms with Crippen molar-refractivity contribution in [3.63, 3.8) is 0 Å². The lowest BCUT2D eigenvalue weighted by molar-refractivity contribution is -0.139. The zero-order chi connectivity index (χ0) is 13.8. The molecule has 1 heterocycles. The minimum absolute atomic E-state index is 0.0420. The number of rotatable bonds is 7. The molecule has 1 aromatic heterocycles. The van der Waals surface area contributed by atoms with E-state index >= 15 is 0 Å². The number of aliphatic carboxylic acids is 1. The molecular formula is C12H18BrNO3S. The van der Waals surface area contributed by atoms with E-state index in [4.69, 9.17) is 5.11 Å². The number of nitrogens with one attached hydrogen (secondary N) is 1. The van der Waals surface area contributed by atoms with Gasteiger partial charge >= 0.3 is 5.97 Å². The first-order valence-electron chi connectivity index (χ1n) is 5.66.